The van der Waals surface area contributed by atoms with Gasteiger partial charge in [-0.2, -0.15) is 0 Å². The predicted molar refractivity (Wildman–Crippen MR) is 51.1 cm³/mol. The topological polar surface area (TPSA) is 31.2 Å². The molecule has 3 heteroatoms. The first-order chi connectivity index (χ1) is 6.90. The van der Waals surface area contributed by atoms with Gasteiger partial charge in [-0.1, -0.05) is 0 Å². The SMILES string of the molecule is O=Cc1cccn1CC1C2COCC21. The van der Waals surface area contributed by atoms with E-state index in [9.17, 15) is 4.79 Å². The van der Waals surface area contributed by atoms with Crippen molar-refractivity contribution in [3.8, 4) is 0 Å². The smallest absolute Gasteiger partial charge is 0.166 e. The summed E-state index contributed by atoms with van der Waals surface area (Å²) in [5.41, 5.74) is 0.788. The second-order valence-electron chi connectivity index (χ2n) is 4.23. The average molecular weight is 191 g/mol. The molecule has 74 valence electrons. The zero-order chi connectivity index (χ0) is 9.54. The maximum atomic E-state index is 10.7. The summed E-state index contributed by atoms with van der Waals surface area (Å²) in [4.78, 5) is 10.7. The first-order valence-electron chi connectivity index (χ1n) is 5.08. The van der Waals surface area contributed by atoms with Crippen LogP contribution in [-0.2, 0) is 11.3 Å². The molecule has 2 atom stereocenters. The lowest BCUT2D eigenvalue weighted by atomic mass is 10.3. The van der Waals surface area contributed by atoms with E-state index in [2.05, 4.69) is 4.57 Å². The molecule has 1 saturated heterocycles. The minimum atomic E-state index is 0.745. The number of hydrogen-bond acceptors (Lipinski definition) is 2. The maximum Gasteiger partial charge on any atom is 0.166 e. The summed E-state index contributed by atoms with van der Waals surface area (Å²) in [6.45, 7) is 2.83. The highest BCUT2D eigenvalue weighted by Gasteiger charge is 2.53. The molecule has 0 aromatic carbocycles. The van der Waals surface area contributed by atoms with Crippen molar-refractivity contribution in [3.63, 3.8) is 0 Å². The van der Waals surface area contributed by atoms with E-state index in [1.165, 1.54) is 0 Å². The van der Waals surface area contributed by atoms with Crippen LogP contribution in [0, 0.1) is 17.8 Å². The molecule has 2 fully saturated rings. The van der Waals surface area contributed by atoms with Crippen LogP contribution in [0.3, 0.4) is 0 Å². The van der Waals surface area contributed by atoms with Gasteiger partial charge in [-0.15, -0.1) is 0 Å². The van der Waals surface area contributed by atoms with Gasteiger partial charge in [0.1, 0.15) is 0 Å². The number of ether oxygens (including phenoxy) is 1. The molecule has 1 saturated carbocycles. The Bertz CT molecular complexity index is 348. The lowest BCUT2D eigenvalue weighted by Crippen LogP contribution is -2.08. The highest BCUT2D eigenvalue weighted by molar-refractivity contribution is 5.72. The van der Waals surface area contributed by atoms with Gasteiger partial charge in [0.25, 0.3) is 0 Å². The summed E-state index contributed by atoms with van der Waals surface area (Å²) < 4.78 is 7.39. The van der Waals surface area contributed by atoms with E-state index in [0.717, 1.165) is 49.5 Å². The van der Waals surface area contributed by atoms with Crippen LogP contribution in [0.5, 0.6) is 0 Å². The number of carbonyl (C=O) groups is 1. The highest BCUT2D eigenvalue weighted by atomic mass is 16.5. The fraction of sp³-hybridized carbons (Fsp3) is 0.545. The fourth-order valence-electron chi connectivity index (χ4n) is 2.56. The Morgan fingerprint density at radius 1 is 1.50 bits per heavy atom. The standard InChI is InChI=1S/C11H13NO2/c13-5-8-2-1-3-12(8)4-9-10-6-14-7-11(9)10/h1-3,5,9-11H,4,6-7H2. The van der Waals surface area contributed by atoms with Gasteiger partial charge >= 0.3 is 0 Å². The molecule has 3 nitrogen and oxygen atoms in total. The Balaban J connectivity index is 1.71. The van der Waals surface area contributed by atoms with Gasteiger partial charge in [0.15, 0.2) is 6.29 Å². The molecule has 1 aromatic heterocycles. The maximum absolute atomic E-state index is 10.7. The van der Waals surface area contributed by atoms with Crippen LogP contribution in [0.2, 0.25) is 0 Å². The molecule has 1 aliphatic heterocycles. The average Bonchev–Trinajstić information content (AvgIpc) is 2.62. The zero-order valence-corrected chi connectivity index (χ0v) is 7.93. The van der Waals surface area contributed by atoms with Crippen LogP contribution in [0.25, 0.3) is 0 Å². The van der Waals surface area contributed by atoms with Crippen molar-refractivity contribution in [2.75, 3.05) is 13.2 Å². The molecule has 0 N–H and O–H groups in total. The molecule has 2 aliphatic rings. The Labute approximate surface area is 82.7 Å². The molecule has 0 bridgehead atoms. The monoisotopic (exact) mass is 191 g/mol. The van der Waals surface area contributed by atoms with Crippen molar-refractivity contribution in [2.24, 2.45) is 17.8 Å². The van der Waals surface area contributed by atoms with Gasteiger partial charge in [0.05, 0.1) is 18.9 Å². The minimum Gasteiger partial charge on any atom is -0.381 e. The number of aromatic nitrogens is 1. The fourth-order valence-corrected chi connectivity index (χ4v) is 2.56. The molecule has 1 aromatic rings. The third-order valence-corrected chi connectivity index (χ3v) is 3.52. The van der Waals surface area contributed by atoms with E-state index < -0.39 is 0 Å². The summed E-state index contributed by atoms with van der Waals surface area (Å²) in [6, 6.07) is 3.79. The molecular formula is C11H13NO2. The van der Waals surface area contributed by atoms with Gasteiger partial charge in [-0.3, -0.25) is 4.79 Å². The van der Waals surface area contributed by atoms with Crippen LogP contribution in [0.15, 0.2) is 18.3 Å². The highest BCUT2D eigenvalue weighted by Crippen LogP contribution is 2.51. The molecule has 2 heterocycles. The van der Waals surface area contributed by atoms with Crippen LogP contribution < -0.4 is 0 Å². The van der Waals surface area contributed by atoms with Crippen molar-refractivity contribution in [3.05, 3.63) is 24.0 Å². The Morgan fingerprint density at radius 2 is 2.29 bits per heavy atom. The number of nitrogens with zero attached hydrogens (tertiary/aromatic N) is 1. The summed E-state index contributed by atoms with van der Waals surface area (Å²) in [5, 5.41) is 0. The van der Waals surface area contributed by atoms with Crippen molar-refractivity contribution in [2.45, 2.75) is 6.54 Å². The summed E-state index contributed by atoms with van der Waals surface area (Å²) >= 11 is 0. The van der Waals surface area contributed by atoms with Crippen LogP contribution in [-0.4, -0.2) is 24.1 Å². The molecular weight excluding hydrogens is 178 g/mol. The van der Waals surface area contributed by atoms with Gasteiger partial charge in [-0.25, -0.2) is 0 Å². The Kier molecular flexibility index (Phi) is 1.74. The lowest BCUT2D eigenvalue weighted by Gasteiger charge is -2.07. The molecule has 1 aliphatic carbocycles. The first-order valence-corrected chi connectivity index (χ1v) is 5.08. The molecule has 14 heavy (non-hydrogen) atoms. The number of carbonyl (C=O) groups excluding carboxylic acids is 1. The van der Waals surface area contributed by atoms with Crippen molar-refractivity contribution < 1.29 is 9.53 Å². The van der Waals surface area contributed by atoms with Crippen LogP contribution >= 0.6 is 0 Å². The van der Waals surface area contributed by atoms with E-state index in [4.69, 9.17) is 4.74 Å². The second-order valence-corrected chi connectivity index (χ2v) is 4.23. The third kappa shape index (κ3) is 1.12. The number of hydrogen-bond donors (Lipinski definition) is 0. The van der Waals surface area contributed by atoms with Gasteiger partial charge < -0.3 is 9.30 Å². The Morgan fingerprint density at radius 3 is 3.00 bits per heavy atom. The molecule has 0 amide bonds. The quantitative estimate of drug-likeness (QED) is 0.672. The molecule has 3 rings (SSSR count). The summed E-state index contributed by atoms with van der Waals surface area (Å²) in [6.07, 6.45) is 2.91. The number of fused-ring (bicyclic) bond motifs is 1. The van der Waals surface area contributed by atoms with Gasteiger partial charge in [-0.05, 0) is 29.9 Å². The van der Waals surface area contributed by atoms with E-state index in [0.29, 0.717) is 0 Å². The summed E-state index contributed by atoms with van der Waals surface area (Å²) in [5.74, 6) is 2.27. The van der Waals surface area contributed by atoms with Crippen molar-refractivity contribution >= 4 is 6.29 Å². The van der Waals surface area contributed by atoms with Gasteiger partial charge in [0, 0.05) is 12.7 Å². The third-order valence-electron chi connectivity index (χ3n) is 3.52. The van der Waals surface area contributed by atoms with Crippen LogP contribution in [0.1, 0.15) is 10.5 Å². The zero-order valence-electron chi connectivity index (χ0n) is 7.93. The number of aldehydes is 1. The van der Waals surface area contributed by atoms with E-state index in [1.54, 1.807) is 0 Å². The van der Waals surface area contributed by atoms with Crippen LogP contribution in [0.4, 0.5) is 0 Å². The van der Waals surface area contributed by atoms with E-state index in [1.807, 2.05) is 18.3 Å². The van der Waals surface area contributed by atoms with Crippen molar-refractivity contribution in [1.29, 1.82) is 0 Å². The van der Waals surface area contributed by atoms with E-state index >= 15 is 0 Å². The van der Waals surface area contributed by atoms with E-state index in [-0.39, 0.29) is 0 Å². The molecule has 2 unspecified atom stereocenters. The van der Waals surface area contributed by atoms with Gasteiger partial charge in [0.2, 0.25) is 0 Å². The first kappa shape index (κ1) is 8.24. The largest absolute Gasteiger partial charge is 0.381 e. The molecule has 0 radical (unpaired) electrons. The molecule has 0 spiro atoms. The summed E-state index contributed by atoms with van der Waals surface area (Å²) in [7, 11) is 0. The predicted octanol–water partition coefficient (Wildman–Crippen LogP) is 1.19. The second kappa shape index (κ2) is 2.95. The normalized spacial score (nSPS) is 34.1. The van der Waals surface area contributed by atoms with Crippen molar-refractivity contribution in [1.82, 2.24) is 4.57 Å². The number of rotatable bonds is 3. The Hall–Kier alpha value is -1.09. The minimum absolute atomic E-state index is 0.745. The lowest BCUT2D eigenvalue weighted by molar-refractivity contribution is 0.111.